The van der Waals surface area contributed by atoms with Gasteiger partial charge in [-0.25, -0.2) is 4.98 Å². The Morgan fingerprint density at radius 3 is 2.64 bits per heavy atom. The van der Waals surface area contributed by atoms with Crippen LogP contribution in [0, 0.1) is 0 Å². The highest BCUT2D eigenvalue weighted by molar-refractivity contribution is 6.04. The standard InChI is InChI=1S/C6H9N3O2.ClHO.H2O/c7-5(6(10)11)1-4-2-8-3-9-4;1-2;/h2-3,5H,1,7H2,(H,8,9)(H,10,11);2H;1H2/t5-;;/m0../s1. The first kappa shape index (κ1) is 15.3. The monoisotopic (exact) mass is 225 g/mol. The molecule has 1 atom stereocenters. The Hall–Kier alpha value is -1.15. The van der Waals surface area contributed by atoms with Crippen LogP contribution in [0.4, 0.5) is 0 Å². The normalized spacial score (nSPS) is 10.5. The van der Waals surface area contributed by atoms with Gasteiger partial charge in [-0.2, -0.15) is 0 Å². The van der Waals surface area contributed by atoms with Crippen LogP contribution in [0.3, 0.4) is 0 Å². The van der Waals surface area contributed by atoms with Crippen LogP contribution in [0.5, 0.6) is 0 Å². The number of nitrogens with one attached hydrogen (secondary N) is 1. The number of imidazole rings is 1. The van der Waals surface area contributed by atoms with E-state index in [1.54, 1.807) is 6.20 Å². The number of carbonyl (C=O) groups is 1. The Balaban J connectivity index is 0. The van der Waals surface area contributed by atoms with Crippen molar-refractivity contribution in [3.63, 3.8) is 0 Å². The second-order valence-electron chi connectivity index (χ2n) is 2.23. The predicted octanol–water partition coefficient (Wildman–Crippen LogP) is -1.33. The molecule has 0 aliphatic heterocycles. The predicted molar refractivity (Wildman–Crippen MR) is 49.6 cm³/mol. The Bertz CT molecular complexity index is 241. The van der Waals surface area contributed by atoms with E-state index >= 15 is 0 Å². The van der Waals surface area contributed by atoms with E-state index in [2.05, 4.69) is 21.8 Å². The third-order valence-electron chi connectivity index (χ3n) is 1.31. The van der Waals surface area contributed by atoms with Crippen LogP contribution in [0.15, 0.2) is 12.5 Å². The number of nitrogens with two attached hydrogens (primary N) is 1. The zero-order valence-corrected chi connectivity index (χ0v) is 7.90. The van der Waals surface area contributed by atoms with Crippen LogP contribution in [0.2, 0.25) is 0 Å². The zero-order valence-electron chi connectivity index (χ0n) is 7.14. The van der Waals surface area contributed by atoms with E-state index in [4.69, 9.17) is 15.5 Å². The molecule has 0 amide bonds. The third kappa shape index (κ3) is 5.49. The largest absolute Gasteiger partial charge is 0.480 e. The molecule has 1 heterocycles. The molecule has 14 heavy (non-hydrogen) atoms. The van der Waals surface area contributed by atoms with Crippen LogP contribution in [0.25, 0.3) is 0 Å². The van der Waals surface area contributed by atoms with Gasteiger partial charge in [0.15, 0.2) is 0 Å². The zero-order chi connectivity index (χ0) is 10.3. The number of halogens is 1. The Morgan fingerprint density at radius 1 is 1.71 bits per heavy atom. The van der Waals surface area contributed by atoms with Gasteiger partial charge in [-0.05, 0) is 0 Å². The third-order valence-corrected chi connectivity index (χ3v) is 1.31. The van der Waals surface area contributed by atoms with Crippen molar-refractivity contribution in [3.8, 4) is 0 Å². The van der Waals surface area contributed by atoms with Crippen LogP contribution in [0.1, 0.15) is 5.69 Å². The number of hydrogen-bond donors (Lipinski definition) is 4. The minimum Gasteiger partial charge on any atom is -0.480 e. The van der Waals surface area contributed by atoms with Gasteiger partial charge in [0.2, 0.25) is 0 Å². The maximum Gasteiger partial charge on any atom is 0.320 e. The van der Waals surface area contributed by atoms with Gasteiger partial charge in [-0.15, -0.1) is 0 Å². The van der Waals surface area contributed by atoms with Crippen molar-refractivity contribution in [1.29, 1.82) is 0 Å². The lowest BCUT2D eigenvalue weighted by molar-refractivity contribution is -0.138. The highest BCUT2D eigenvalue weighted by atomic mass is 35.5. The van der Waals surface area contributed by atoms with Crippen LogP contribution in [-0.4, -0.2) is 37.2 Å². The average molecular weight is 226 g/mol. The maximum absolute atomic E-state index is 10.3. The number of aromatic amines is 1. The van der Waals surface area contributed by atoms with E-state index in [1.165, 1.54) is 6.33 Å². The summed E-state index contributed by atoms with van der Waals surface area (Å²) in [7, 11) is 0. The fourth-order valence-electron chi connectivity index (χ4n) is 0.721. The van der Waals surface area contributed by atoms with Crippen molar-refractivity contribution < 1.29 is 20.0 Å². The van der Waals surface area contributed by atoms with Gasteiger partial charge in [0.25, 0.3) is 0 Å². The van der Waals surface area contributed by atoms with Gasteiger partial charge < -0.3 is 21.3 Å². The lowest BCUT2D eigenvalue weighted by Crippen LogP contribution is -2.32. The first-order chi connectivity index (χ1) is 6.20. The molecule has 0 fully saturated rings. The van der Waals surface area contributed by atoms with Crippen molar-refractivity contribution >= 4 is 17.8 Å². The van der Waals surface area contributed by atoms with E-state index in [9.17, 15) is 4.79 Å². The lowest BCUT2D eigenvalue weighted by Gasteiger charge is -2.02. The first-order valence-corrected chi connectivity index (χ1v) is 3.66. The smallest absolute Gasteiger partial charge is 0.320 e. The van der Waals surface area contributed by atoms with E-state index in [-0.39, 0.29) is 11.9 Å². The van der Waals surface area contributed by atoms with Crippen molar-refractivity contribution in [2.24, 2.45) is 5.73 Å². The average Bonchev–Trinajstić information content (AvgIpc) is 2.60. The summed E-state index contributed by atoms with van der Waals surface area (Å²) in [6.45, 7) is 0. The highest BCUT2D eigenvalue weighted by Crippen LogP contribution is 1.95. The van der Waals surface area contributed by atoms with Crippen LogP contribution < -0.4 is 5.73 Å². The molecule has 1 rings (SSSR count). The van der Waals surface area contributed by atoms with Gasteiger partial charge >= 0.3 is 5.97 Å². The lowest BCUT2D eigenvalue weighted by atomic mass is 10.2. The second-order valence-corrected chi connectivity index (χ2v) is 2.23. The van der Waals surface area contributed by atoms with E-state index in [1.807, 2.05) is 0 Å². The molecule has 1 aromatic rings. The SMILES string of the molecule is N[C@@H](Cc1cnc[nH]1)C(=O)O.O.OCl. The molecule has 0 spiro atoms. The molecule has 7 N–H and O–H groups in total. The van der Waals surface area contributed by atoms with Crippen LogP contribution in [-0.2, 0) is 11.2 Å². The van der Waals surface area contributed by atoms with Gasteiger partial charge in [-0.1, -0.05) is 0 Å². The summed E-state index contributed by atoms with van der Waals surface area (Å²) in [5, 5.41) is 8.42. The van der Waals surface area contributed by atoms with Gasteiger partial charge in [0.1, 0.15) is 6.04 Å². The summed E-state index contributed by atoms with van der Waals surface area (Å²) in [6.07, 6.45) is 3.34. The fourth-order valence-corrected chi connectivity index (χ4v) is 0.721. The topological polar surface area (TPSA) is 144 Å². The number of carboxylic acids is 1. The summed E-state index contributed by atoms with van der Waals surface area (Å²) in [4.78, 5) is 16.8. The number of aliphatic carboxylic acids is 1. The first-order valence-electron chi connectivity index (χ1n) is 3.32. The molecule has 8 heteroatoms. The fraction of sp³-hybridized carbons (Fsp3) is 0.333. The number of aromatic nitrogens is 2. The molecule has 7 nitrogen and oxygen atoms in total. The van der Waals surface area contributed by atoms with Crippen molar-refractivity contribution in [1.82, 2.24) is 9.97 Å². The van der Waals surface area contributed by atoms with Gasteiger partial charge in [0.05, 0.1) is 18.2 Å². The quantitative estimate of drug-likeness (QED) is 0.504. The highest BCUT2D eigenvalue weighted by Gasteiger charge is 2.11. The Kier molecular flexibility index (Phi) is 9.25. The molecule has 0 unspecified atom stereocenters. The molecule has 0 saturated carbocycles. The molecular weight excluding hydrogens is 214 g/mol. The minimum absolute atomic E-state index is 0. The van der Waals surface area contributed by atoms with E-state index in [0.29, 0.717) is 0 Å². The van der Waals surface area contributed by atoms with Crippen LogP contribution >= 0.6 is 11.9 Å². The van der Waals surface area contributed by atoms with E-state index in [0.717, 1.165) is 5.69 Å². The van der Waals surface area contributed by atoms with Crippen molar-refractivity contribution in [3.05, 3.63) is 18.2 Å². The summed E-state index contributed by atoms with van der Waals surface area (Å²) in [6, 6.07) is -0.851. The summed E-state index contributed by atoms with van der Waals surface area (Å²) in [5.74, 6) is -1.00. The molecule has 0 aromatic carbocycles. The molecule has 0 aliphatic rings. The molecular formula is C6H12ClN3O4. The van der Waals surface area contributed by atoms with E-state index < -0.39 is 12.0 Å². The summed E-state index contributed by atoms with van der Waals surface area (Å²) < 4.78 is 6.47. The number of hydrogen-bond acceptors (Lipinski definition) is 4. The second kappa shape index (κ2) is 8.45. The number of rotatable bonds is 3. The molecule has 0 saturated heterocycles. The minimum atomic E-state index is -1.00. The summed E-state index contributed by atoms with van der Waals surface area (Å²) >= 11 is 3.64. The van der Waals surface area contributed by atoms with Gasteiger partial charge in [-0.3, -0.25) is 9.45 Å². The van der Waals surface area contributed by atoms with Crippen molar-refractivity contribution in [2.75, 3.05) is 0 Å². The number of nitrogens with zero attached hydrogens (tertiary/aromatic N) is 1. The number of H-pyrrole nitrogens is 1. The molecule has 0 bridgehead atoms. The Labute approximate surface area is 85.0 Å². The summed E-state index contributed by atoms with van der Waals surface area (Å²) in [5.41, 5.74) is 6.00. The molecule has 1 aromatic heterocycles. The molecule has 0 radical (unpaired) electrons. The van der Waals surface area contributed by atoms with Gasteiger partial charge in [0, 0.05) is 18.3 Å². The molecule has 82 valence electrons. The number of carboxylic acid groups (broad SMARTS) is 1. The molecule has 0 aliphatic carbocycles. The van der Waals surface area contributed by atoms with Crippen molar-refractivity contribution in [2.45, 2.75) is 12.5 Å². The Morgan fingerprint density at radius 2 is 2.29 bits per heavy atom. The maximum atomic E-state index is 10.3.